The van der Waals surface area contributed by atoms with Gasteiger partial charge in [-0.05, 0) is 24.1 Å². The Morgan fingerprint density at radius 2 is 1.79 bits per heavy atom. The van der Waals surface area contributed by atoms with Gasteiger partial charge in [0.15, 0.2) is 5.58 Å². The molecule has 0 spiro atoms. The molecule has 124 valence electrons. The fourth-order valence-corrected chi connectivity index (χ4v) is 2.75. The first kappa shape index (κ1) is 16.2. The summed E-state index contributed by atoms with van der Waals surface area (Å²) in [6, 6.07) is 17.7. The molecular weight excluding hydrogens is 302 g/mol. The molecular formula is C19H21N3O2. The quantitative estimate of drug-likeness (QED) is 0.725. The van der Waals surface area contributed by atoms with Crippen molar-refractivity contribution in [2.24, 2.45) is 5.73 Å². The van der Waals surface area contributed by atoms with Crippen molar-refractivity contribution in [3.05, 3.63) is 65.9 Å². The normalized spacial score (nSPS) is 10.9. The Labute approximate surface area is 141 Å². The van der Waals surface area contributed by atoms with Gasteiger partial charge in [0.25, 0.3) is 0 Å². The fourth-order valence-electron chi connectivity index (χ4n) is 2.75. The molecule has 2 N–H and O–H groups in total. The van der Waals surface area contributed by atoms with Gasteiger partial charge in [-0.15, -0.1) is 0 Å². The minimum atomic E-state index is 0.0236. The van der Waals surface area contributed by atoms with Crippen molar-refractivity contribution < 1.29 is 9.32 Å². The van der Waals surface area contributed by atoms with E-state index in [0.717, 1.165) is 11.8 Å². The van der Waals surface area contributed by atoms with E-state index in [4.69, 9.17) is 10.3 Å². The molecule has 0 bridgehead atoms. The molecule has 24 heavy (non-hydrogen) atoms. The Morgan fingerprint density at radius 1 is 1.04 bits per heavy atom. The second-order valence-electron chi connectivity index (χ2n) is 5.71. The lowest BCUT2D eigenvalue weighted by Gasteiger charge is -2.21. The lowest BCUT2D eigenvalue weighted by atomic mass is 10.1. The highest BCUT2D eigenvalue weighted by molar-refractivity contribution is 5.86. The number of amides is 1. The second kappa shape index (κ2) is 7.75. The number of para-hydroxylation sites is 1. The van der Waals surface area contributed by atoms with Crippen molar-refractivity contribution in [2.45, 2.75) is 12.8 Å². The summed E-state index contributed by atoms with van der Waals surface area (Å²) < 4.78 is 5.27. The average Bonchev–Trinajstić information content (AvgIpc) is 3.02. The van der Waals surface area contributed by atoms with Gasteiger partial charge in [0.1, 0.15) is 5.69 Å². The Kier molecular flexibility index (Phi) is 5.23. The van der Waals surface area contributed by atoms with Crippen LogP contribution in [0, 0.1) is 0 Å². The Bertz CT molecular complexity index is 798. The number of hydrogen-bond acceptors (Lipinski definition) is 4. The van der Waals surface area contributed by atoms with Crippen molar-refractivity contribution in [2.75, 3.05) is 19.6 Å². The van der Waals surface area contributed by atoms with Crippen LogP contribution >= 0.6 is 0 Å². The summed E-state index contributed by atoms with van der Waals surface area (Å²) in [6.07, 6.45) is 1.04. The van der Waals surface area contributed by atoms with E-state index in [-0.39, 0.29) is 12.3 Å². The first-order valence-electron chi connectivity index (χ1n) is 8.13. The first-order valence-corrected chi connectivity index (χ1v) is 8.13. The van der Waals surface area contributed by atoms with E-state index in [0.29, 0.717) is 30.9 Å². The minimum absolute atomic E-state index is 0.0236. The van der Waals surface area contributed by atoms with Crippen LogP contribution in [0.3, 0.4) is 0 Å². The molecule has 1 aromatic heterocycles. The van der Waals surface area contributed by atoms with E-state index in [1.54, 1.807) is 4.90 Å². The van der Waals surface area contributed by atoms with Gasteiger partial charge < -0.3 is 15.2 Å². The molecule has 0 unspecified atom stereocenters. The summed E-state index contributed by atoms with van der Waals surface area (Å²) in [5, 5.41) is 4.93. The third-order valence-corrected chi connectivity index (χ3v) is 4.04. The van der Waals surface area contributed by atoms with Crippen LogP contribution in [-0.4, -0.2) is 35.6 Å². The summed E-state index contributed by atoms with van der Waals surface area (Å²) in [4.78, 5) is 14.5. The van der Waals surface area contributed by atoms with Gasteiger partial charge in [0.05, 0.1) is 6.42 Å². The van der Waals surface area contributed by atoms with Crippen molar-refractivity contribution in [1.29, 1.82) is 0 Å². The molecule has 0 saturated heterocycles. The van der Waals surface area contributed by atoms with E-state index in [1.807, 2.05) is 42.5 Å². The van der Waals surface area contributed by atoms with Crippen LogP contribution in [-0.2, 0) is 17.6 Å². The van der Waals surface area contributed by atoms with E-state index >= 15 is 0 Å². The van der Waals surface area contributed by atoms with Crippen molar-refractivity contribution in [3.8, 4) is 0 Å². The Hall–Kier alpha value is -2.66. The number of benzene rings is 2. The zero-order valence-corrected chi connectivity index (χ0v) is 13.5. The maximum absolute atomic E-state index is 12.7. The number of aromatic nitrogens is 1. The summed E-state index contributed by atoms with van der Waals surface area (Å²) in [5.41, 5.74) is 8.26. The van der Waals surface area contributed by atoms with Crippen LogP contribution in [0.25, 0.3) is 11.0 Å². The van der Waals surface area contributed by atoms with E-state index < -0.39 is 0 Å². The number of hydrogen-bond donors (Lipinski definition) is 1. The van der Waals surface area contributed by atoms with E-state index in [2.05, 4.69) is 17.3 Å². The fraction of sp³-hybridized carbons (Fsp3) is 0.263. The van der Waals surface area contributed by atoms with Gasteiger partial charge in [-0.25, -0.2) is 0 Å². The van der Waals surface area contributed by atoms with Crippen LogP contribution in [0.4, 0.5) is 0 Å². The molecule has 5 nitrogen and oxygen atoms in total. The number of carbonyl (C=O) groups is 1. The molecule has 0 radical (unpaired) electrons. The predicted octanol–water partition coefficient (Wildman–Crippen LogP) is 2.40. The molecule has 2 aromatic carbocycles. The number of nitrogens with zero attached hydrogens (tertiary/aromatic N) is 2. The monoisotopic (exact) mass is 323 g/mol. The maximum Gasteiger partial charge on any atom is 0.228 e. The van der Waals surface area contributed by atoms with Gasteiger partial charge >= 0.3 is 0 Å². The predicted molar refractivity (Wildman–Crippen MR) is 93.5 cm³/mol. The van der Waals surface area contributed by atoms with Crippen LogP contribution in [0.2, 0.25) is 0 Å². The summed E-state index contributed by atoms with van der Waals surface area (Å²) >= 11 is 0. The van der Waals surface area contributed by atoms with Gasteiger partial charge in [-0.2, -0.15) is 0 Å². The van der Waals surface area contributed by atoms with Gasteiger partial charge in [0, 0.05) is 25.0 Å². The topological polar surface area (TPSA) is 72.4 Å². The van der Waals surface area contributed by atoms with Gasteiger partial charge in [0.2, 0.25) is 5.91 Å². The highest BCUT2D eigenvalue weighted by Gasteiger charge is 2.17. The lowest BCUT2D eigenvalue weighted by Crippen LogP contribution is -2.38. The highest BCUT2D eigenvalue weighted by atomic mass is 16.5. The SMILES string of the molecule is NCCN(CCc1ccccc1)C(=O)Cc1noc2ccccc12. The van der Waals surface area contributed by atoms with Gasteiger partial charge in [-0.3, -0.25) is 4.79 Å². The lowest BCUT2D eigenvalue weighted by molar-refractivity contribution is -0.130. The molecule has 3 aromatic rings. The molecule has 0 aliphatic carbocycles. The van der Waals surface area contributed by atoms with Crippen LogP contribution in [0.5, 0.6) is 0 Å². The summed E-state index contributed by atoms with van der Waals surface area (Å²) in [5.74, 6) is 0.0236. The average molecular weight is 323 g/mol. The Morgan fingerprint density at radius 3 is 2.58 bits per heavy atom. The molecule has 0 fully saturated rings. The smallest absolute Gasteiger partial charge is 0.228 e. The van der Waals surface area contributed by atoms with Crippen molar-refractivity contribution in [1.82, 2.24) is 10.1 Å². The molecule has 3 rings (SSSR count). The number of fused-ring (bicyclic) bond motifs is 1. The number of rotatable bonds is 7. The van der Waals surface area contributed by atoms with Crippen LogP contribution in [0.15, 0.2) is 59.1 Å². The van der Waals surface area contributed by atoms with Gasteiger partial charge in [-0.1, -0.05) is 47.6 Å². The molecule has 0 aliphatic heterocycles. The second-order valence-corrected chi connectivity index (χ2v) is 5.71. The molecule has 5 heteroatoms. The third-order valence-electron chi connectivity index (χ3n) is 4.04. The summed E-state index contributed by atoms with van der Waals surface area (Å²) in [7, 11) is 0. The zero-order chi connectivity index (χ0) is 16.8. The molecule has 0 atom stereocenters. The van der Waals surface area contributed by atoms with E-state index in [9.17, 15) is 4.79 Å². The first-order chi connectivity index (χ1) is 11.8. The molecule has 1 heterocycles. The molecule has 1 amide bonds. The van der Waals surface area contributed by atoms with Crippen LogP contribution < -0.4 is 5.73 Å². The zero-order valence-electron chi connectivity index (χ0n) is 13.5. The van der Waals surface area contributed by atoms with Crippen LogP contribution in [0.1, 0.15) is 11.3 Å². The van der Waals surface area contributed by atoms with Crippen molar-refractivity contribution in [3.63, 3.8) is 0 Å². The maximum atomic E-state index is 12.7. The standard InChI is InChI=1S/C19H21N3O2/c20-11-13-22(12-10-15-6-2-1-3-7-15)19(23)14-17-16-8-4-5-9-18(16)24-21-17/h1-9H,10-14,20H2. The molecule has 0 aliphatic rings. The largest absolute Gasteiger partial charge is 0.356 e. The van der Waals surface area contributed by atoms with Crippen molar-refractivity contribution >= 4 is 16.9 Å². The minimum Gasteiger partial charge on any atom is -0.356 e. The number of carbonyl (C=O) groups excluding carboxylic acids is 1. The number of nitrogens with two attached hydrogens (primary N) is 1. The third kappa shape index (κ3) is 3.81. The van der Waals surface area contributed by atoms with E-state index in [1.165, 1.54) is 5.56 Å². The Balaban J connectivity index is 1.67. The highest BCUT2D eigenvalue weighted by Crippen LogP contribution is 2.18. The molecule has 0 saturated carbocycles. The summed E-state index contributed by atoms with van der Waals surface area (Å²) in [6.45, 7) is 1.64.